The molecule has 0 saturated heterocycles. The van der Waals surface area contributed by atoms with E-state index in [9.17, 15) is 0 Å². The zero-order chi connectivity index (χ0) is 12.7. The van der Waals surface area contributed by atoms with Gasteiger partial charge in [-0.25, -0.2) is 0 Å². The number of nitrogens with one attached hydrogen (secondary N) is 1. The maximum Gasteiger partial charge on any atom is 0.0553 e. The van der Waals surface area contributed by atoms with E-state index >= 15 is 0 Å². The summed E-state index contributed by atoms with van der Waals surface area (Å²) in [5.41, 5.74) is 1.33. The summed E-state index contributed by atoms with van der Waals surface area (Å²) in [4.78, 5) is 0. The first kappa shape index (κ1) is 14.2. The third-order valence-corrected chi connectivity index (χ3v) is 3.38. The molecule has 1 rings (SSSR count). The van der Waals surface area contributed by atoms with Crippen LogP contribution in [0.1, 0.15) is 58.7 Å². The second-order valence-electron chi connectivity index (χ2n) is 4.83. The summed E-state index contributed by atoms with van der Waals surface area (Å²) >= 11 is 0. The van der Waals surface area contributed by atoms with Crippen molar-refractivity contribution in [1.29, 1.82) is 0 Å². The lowest BCUT2D eigenvalue weighted by Gasteiger charge is -2.22. The topological polar surface area (TPSA) is 29.9 Å². The van der Waals surface area contributed by atoms with E-state index in [0.717, 1.165) is 19.0 Å². The summed E-state index contributed by atoms with van der Waals surface area (Å²) in [6.45, 7) is 11.0. The normalized spacial score (nSPS) is 14.8. The van der Waals surface area contributed by atoms with Crippen LogP contribution in [0.3, 0.4) is 0 Å². The first-order valence-corrected chi connectivity index (χ1v) is 6.97. The number of aromatic nitrogens is 2. The second kappa shape index (κ2) is 7.49. The molecule has 1 aromatic heterocycles. The van der Waals surface area contributed by atoms with Gasteiger partial charge in [0.1, 0.15) is 0 Å². The Labute approximate surface area is 106 Å². The predicted octanol–water partition coefficient (Wildman–Crippen LogP) is 3.38. The summed E-state index contributed by atoms with van der Waals surface area (Å²) in [5, 5.41) is 8.02. The monoisotopic (exact) mass is 237 g/mol. The molecule has 0 fully saturated rings. The molecule has 0 aliphatic heterocycles. The van der Waals surface area contributed by atoms with Crippen LogP contribution in [0.25, 0.3) is 0 Å². The number of nitrogens with zero attached hydrogens (tertiary/aromatic N) is 2. The summed E-state index contributed by atoms with van der Waals surface area (Å²) in [5.74, 6) is 0.754. The minimum atomic E-state index is 0.451. The fraction of sp³-hybridized carbons (Fsp3) is 0.786. The van der Waals surface area contributed by atoms with E-state index in [0.29, 0.717) is 6.04 Å². The molecule has 98 valence electrons. The fourth-order valence-electron chi connectivity index (χ4n) is 2.10. The molecule has 0 amide bonds. The minimum Gasteiger partial charge on any atom is -0.309 e. The average Bonchev–Trinajstić information content (AvgIpc) is 2.82. The van der Waals surface area contributed by atoms with E-state index in [4.69, 9.17) is 0 Å². The van der Waals surface area contributed by atoms with Crippen LogP contribution >= 0.6 is 0 Å². The quantitative estimate of drug-likeness (QED) is 0.751. The Morgan fingerprint density at radius 2 is 2.12 bits per heavy atom. The van der Waals surface area contributed by atoms with Gasteiger partial charge in [0.15, 0.2) is 0 Å². The lowest BCUT2D eigenvalue weighted by Crippen LogP contribution is -2.26. The maximum atomic E-state index is 4.37. The zero-order valence-corrected chi connectivity index (χ0v) is 11.7. The van der Waals surface area contributed by atoms with Crippen LogP contribution in [0.5, 0.6) is 0 Å². The molecule has 2 unspecified atom stereocenters. The van der Waals surface area contributed by atoms with E-state index in [2.05, 4.69) is 48.9 Å². The van der Waals surface area contributed by atoms with Crippen LogP contribution in [0, 0.1) is 5.92 Å². The second-order valence-corrected chi connectivity index (χ2v) is 4.83. The van der Waals surface area contributed by atoms with Crippen LogP contribution < -0.4 is 5.32 Å². The third-order valence-electron chi connectivity index (χ3n) is 3.38. The predicted molar refractivity (Wildman–Crippen MR) is 73.0 cm³/mol. The van der Waals surface area contributed by atoms with Crippen molar-refractivity contribution in [2.24, 2.45) is 5.92 Å². The lowest BCUT2D eigenvalue weighted by molar-refractivity contribution is 0.382. The molecule has 1 heterocycles. The lowest BCUT2D eigenvalue weighted by atomic mass is 9.97. The highest BCUT2D eigenvalue weighted by Gasteiger charge is 2.17. The Bertz CT molecular complexity index is 306. The van der Waals surface area contributed by atoms with Gasteiger partial charge in [0.2, 0.25) is 0 Å². The third kappa shape index (κ3) is 4.15. The number of hydrogen-bond donors (Lipinski definition) is 1. The van der Waals surface area contributed by atoms with Gasteiger partial charge < -0.3 is 5.32 Å². The summed E-state index contributed by atoms with van der Waals surface area (Å²) in [7, 11) is 0. The molecule has 1 N–H and O–H groups in total. The standard InChI is InChI=1S/C14H27N3/c1-5-9-15-13(11-12(4)6-2)14-8-10-16-17(14)7-3/h8,10,12-13,15H,5-7,9,11H2,1-4H3. The molecule has 0 aliphatic rings. The van der Waals surface area contributed by atoms with Crippen molar-refractivity contribution in [2.45, 2.75) is 59.5 Å². The molecule has 0 aromatic carbocycles. The van der Waals surface area contributed by atoms with Crippen molar-refractivity contribution < 1.29 is 0 Å². The van der Waals surface area contributed by atoms with Crippen LogP contribution in [0.4, 0.5) is 0 Å². The number of aryl methyl sites for hydroxylation is 1. The Morgan fingerprint density at radius 1 is 1.35 bits per heavy atom. The minimum absolute atomic E-state index is 0.451. The largest absolute Gasteiger partial charge is 0.309 e. The van der Waals surface area contributed by atoms with E-state index < -0.39 is 0 Å². The molecule has 0 bridgehead atoms. The van der Waals surface area contributed by atoms with Crippen molar-refractivity contribution in [2.75, 3.05) is 6.54 Å². The molecule has 0 aliphatic carbocycles. The van der Waals surface area contributed by atoms with Gasteiger partial charge in [0.05, 0.1) is 5.69 Å². The molecule has 2 atom stereocenters. The van der Waals surface area contributed by atoms with Crippen LogP contribution in [-0.4, -0.2) is 16.3 Å². The van der Waals surface area contributed by atoms with E-state index in [1.807, 2.05) is 6.20 Å². The first-order valence-electron chi connectivity index (χ1n) is 6.97. The summed E-state index contributed by atoms with van der Waals surface area (Å²) in [6.07, 6.45) is 5.53. The molecule has 17 heavy (non-hydrogen) atoms. The van der Waals surface area contributed by atoms with E-state index in [-0.39, 0.29) is 0 Å². The van der Waals surface area contributed by atoms with E-state index in [1.165, 1.54) is 25.0 Å². The van der Waals surface area contributed by atoms with Crippen molar-refractivity contribution in [1.82, 2.24) is 15.1 Å². The summed E-state index contributed by atoms with van der Waals surface area (Å²) < 4.78 is 2.11. The van der Waals surface area contributed by atoms with Crippen molar-refractivity contribution in [3.05, 3.63) is 18.0 Å². The van der Waals surface area contributed by atoms with Crippen molar-refractivity contribution >= 4 is 0 Å². The molecular formula is C14H27N3. The van der Waals surface area contributed by atoms with Crippen LogP contribution in [0.15, 0.2) is 12.3 Å². The zero-order valence-electron chi connectivity index (χ0n) is 11.7. The first-order chi connectivity index (χ1) is 8.22. The number of rotatable bonds is 8. The van der Waals surface area contributed by atoms with Crippen LogP contribution in [-0.2, 0) is 6.54 Å². The molecular weight excluding hydrogens is 210 g/mol. The van der Waals surface area contributed by atoms with Gasteiger partial charge in [-0.1, -0.05) is 27.2 Å². The number of hydrogen-bond acceptors (Lipinski definition) is 2. The van der Waals surface area contributed by atoms with Gasteiger partial charge in [-0.3, -0.25) is 4.68 Å². The molecule has 0 spiro atoms. The molecule has 0 radical (unpaired) electrons. The molecule has 0 saturated carbocycles. The Morgan fingerprint density at radius 3 is 2.71 bits per heavy atom. The van der Waals surface area contributed by atoms with Gasteiger partial charge in [-0.15, -0.1) is 0 Å². The summed E-state index contributed by atoms with van der Waals surface area (Å²) in [6, 6.07) is 2.60. The smallest absolute Gasteiger partial charge is 0.0553 e. The molecule has 3 heteroatoms. The Balaban J connectivity index is 2.74. The van der Waals surface area contributed by atoms with Gasteiger partial charge in [-0.2, -0.15) is 5.10 Å². The van der Waals surface area contributed by atoms with Gasteiger partial charge in [0, 0.05) is 18.8 Å². The van der Waals surface area contributed by atoms with E-state index in [1.54, 1.807) is 0 Å². The fourth-order valence-corrected chi connectivity index (χ4v) is 2.10. The van der Waals surface area contributed by atoms with Crippen LogP contribution in [0.2, 0.25) is 0 Å². The maximum absolute atomic E-state index is 4.37. The molecule has 1 aromatic rings. The average molecular weight is 237 g/mol. The highest BCUT2D eigenvalue weighted by atomic mass is 15.3. The van der Waals surface area contributed by atoms with Crippen molar-refractivity contribution in [3.8, 4) is 0 Å². The SMILES string of the molecule is CCCNC(CC(C)CC)c1ccnn1CC. The highest BCUT2D eigenvalue weighted by Crippen LogP contribution is 2.22. The Hall–Kier alpha value is -0.830. The van der Waals surface area contributed by atoms with Gasteiger partial charge in [0.25, 0.3) is 0 Å². The molecule has 3 nitrogen and oxygen atoms in total. The van der Waals surface area contributed by atoms with Crippen molar-refractivity contribution in [3.63, 3.8) is 0 Å². The Kier molecular flexibility index (Phi) is 6.27. The highest BCUT2D eigenvalue weighted by molar-refractivity contribution is 5.07. The van der Waals surface area contributed by atoms with Gasteiger partial charge in [-0.05, 0) is 38.3 Å². The van der Waals surface area contributed by atoms with Gasteiger partial charge >= 0.3 is 0 Å².